The molecule has 2 aromatic carbocycles. The number of nitrogens with one attached hydrogen (secondary N) is 2. The molecule has 0 bridgehead atoms. The summed E-state index contributed by atoms with van der Waals surface area (Å²) in [6.45, 7) is 0.118. The molecule has 0 fully saturated rings. The molecular weight excluding hydrogens is 334 g/mol. The van der Waals surface area contributed by atoms with E-state index in [9.17, 15) is 20.0 Å². The second kappa shape index (κ2) is 8.28. The minimum Gasteiger partial charge on any atom is -0.390 e. The van der Waals surface area contributed by atoms with Crippen molar-refractivity contribution >= 4 is 34.6 Å². The van der Waals surface area contributed by atoms with Crippen molar-refractivity contribution in [2.24, 2.45) is 0 Å². The highest BCUT2D eigenvalue weighted by Gasteiger charge is 2.17. The van der Waals surface area contributed by atoms with Crippen molar-refractivity contribution in [3.05, 3.63) is 64.2 Å². The number of non-ortho nitro benzene ring substituents is 1. The fourth-order valence-corrected chi connectivity index (χ4v) is 2.10. The van der Waals surface area contributed by atoms with Gasteiger partial charge in [-0.15, -0.1) is 11.6 Å². The number of rotatable bonds is 7. The quantitative estimate of drug-likeness (QED) is 0.405. The summed E-state index contributed by atoms with van der Waals surface area (Å²) in [6.07, 6.45) is -0.799. The summed E-state index contributed by atoms with van der Waals surface area (Å²) in [5.41, 5.74) is 0.852. The molecule has 2 aromatic rings. The minimum atomic E-state index is -0.799. The molecule has 0 aromatic heterocycles. The summed E-state index contributed by atoms with van der Waals surface area (Å²) in [6, 6.07) is 12.7. The number of hydrogen-bond acceptors (Lipinski definition) is 5. The van der Waals surface area contributed by atoms with Crippen LogP contribution in [-0.2, 0) is 0 Å². The van der Waals surface area contributed by atoms with E-state index < -0.39 is 16.9 Å². The molecule has 3 N–H and O–H groups in total. The van der Waals surface area contributed by atoms with E-state index in [1.165, 1.54) is 18.2 Å². The first-order valence-electron chi connectivity index (χ1n) is 7.14. The fourth-order valence-electron chi connectivity index (χ4n) is 1.99. The van der Waals surface area contributed by atoms with Crippen LogP contribution < -0.4 is 10.6 Å². The zero-order valence-electron chi connectivity index (χ0n) is 12.6. The summed E-state index contributed by atoms with van der Waals surface area (Å²) in [5.74, 6) is -0.460. The summed E-state index contributed by atoms with van der Waals surface area (Å²) < 4.78 is 0. The molecule has 24 heavy (non-hydrogen) atoms. The van der Waals surface area contributed by atoms with E-state index in [-0.39, 0.29) is 23.7 Å². The Labute approximate surface area is 143 Å². The Hall–Kier alpha value is -2.64. The van der Waals surface area contributed by atoms with Crippen LogP contribution >= 0.6 is 11.6 Å². The molecule has 2 rings (SSSR count). The lowest BCUT2D eigenvalue weighted by Crippen LogP contribution is -2.23. The molecule has 8 heteroatoms. The van der Waals surface area contributed by atoms with Crippen LogP contribution in [0.2, 0.25) is 0 Å². The van der Waals surface area contributed by atoms with Gasteiger partial charge in [0.2, 0.25) is 0 Å². The third-order valence-corrected chi connectivity index (χ3v) is 3.55. The number of nitro benzene ring substituents is 1. The third-order valence-electron chi connectivity index (χ3n) is 3.20. The molecule has 0 radical (unpaired) electrons. The number of nitrogens with zero attached hydrogens (tertiary/aromatic N) is 1. The van der Waals surface area contributed by atoms with Crippen LogP contribution in [0.3, 0.4) is 0 Å². The Morgan fingerprint density at radius 2 is 1.96 bits per heavy atom. The Balaban J connectivity index is 2.27. The second-order valence-corrected chi connectivity index (χ2v) is 5.30. The number of aliphatic hydroxyl groups excluding tert-OH is 1. The predicted molar refractivity (Wildman–Crippen MR) is 92.7 cm³/mol. The number of benzene rings is 2. The van der Waals surface area contributed by atoms with Gasteiger partial charge in [0.05, 0.1) is 22.5 Å². The maximum absolute atomic E-state index is 12.5. The van der Waals surface area contributed by atoms with Crippen LogP contribution in [0, 0.1) is 10.1 Å². The largest absolute Gasteiger partial charge is 0.390 e. The SMILES string of the molecule is O=C(Nc1ccccc1)c1cc([N+](=O)[O-])ccc1NCC(O)CCl. The van der Waals surface area contributed by atoms with Gasteiger partial charge in [-0.2, -0.15) is 0 Å². The maximum Gasteiger partial charge on any atom is 0.270 e. The number of carbonyl (C=O) groups is 1. The summed E-state index contributed by atoms with van der Waals surface area (Å²) in [7, 11) is 0. The number of alkyl halides is 1. The lowest BCUT2D eigenvalue weighted by Gasteiger charge is -2.14. The van der Waals surface area contributed by atoms with E-state index >= 15 is 0 Å². The molecule has 0 heterocycles. The first-order chi connectivity index (χ1) is 11.5. The number of amides is 1. The standard InChI is InChI=1S/C16H16ClN3O4/c17-9-13(21)10-18-15-7-6-12(20(23)24)8-14(15)16(22)19-11-4-2-1-3-5-11/h1-8,13,18,21H,9-10H2,(H,19,22). The van der Waals surface area contributed by atoms with Gasteiger partial charge in [-0.05, 0) is 18.2 Å². The smallest absolute Gasteiger partial charge is 0.270 e. The van der Waals surface area contributed by atoms with Gasteiger partial charge < -0.3 is 15.7 Å². The Morgan fingerprint density at radius 1 is 1.25 bits per heavy atom. The first-order valence-corrected chi connectivity index (χ1v) is 7.67. The average molecular weight is 350 g/mol. The number of para-hydroxylation sites is 1. The highest BCUT2D eigenvalue weighted by molar-refractivity contribution is 6.18. The lowest BCUT2D eigenvalue weighted by atomic mass is 10.1. The van der Waals surface area contributed by atoms with Crippen molar-refractivity contribution in [1.29, 1.82) is 0 Å². The van der Waals surface area contributed by atoms with E-state index in [2.05, 4.69) is 10.6 Å². The van der Waals surface area contributed by atoms with Crippen LogP contribution in [0.1, 0.15) is 10.4 Å². The zero-order chi connectivity index (χ0) is 17.5. The fraction of sp³-hybridized carbons (Fsp3) is 0.188. The van der Waals surface area contributed by atoms with Crippen LogP contribution in [0.25, 0.3) is 0 Å². The summed E-state index contributed by atoms with van der Waals surface area (Å²) in [5, 5.41) is 26.0. The second-order valence-electron chi connectivity index (χ2n) is 5.00. The van der Waals surface area contributed by atoms with E-state index in [4.69, 9.17) is 11.6 Å². The van der Waals surface area contributed by atoms with Gasteiger partial charge in [-0.1, -0.05) is 18.2 Å². The third kappa shape index (κ3) is 4.68. The molecule has 0 spiro atoms. The van der Waals surface area contributed by atoms with Crippen LogP contribution in [0.15, 0.2) is 48.5 Å². The van der Waals surface area contributed by atoms with Crippen LogP contribution in [0.5, 0.6) is 0 Å². The zero-order valence-corrected chi connectivity index (χ0v) is 13.4. The van der Waals surface area contributed by atoms with E-state index in [0.717, 1.165) is 0 Å². The molecule has 126 valence electrons. The number of anilines is 2. The molecule has 0 aliphatic carbocycles. The summed E-state index contributed by atoms with van der Waals surface area (Å²) in [4.78, 5) is 22.8. The molecule has 7 nitrogen and oxygen atoms in total. The average Bonchev–Trinajstić information content (AvgIpc) is 2.60. The van der Waals surface area contributed by atoms with Gasteiger partial charge >= 0.3 is 0 Å². The monoisotopic (exact) mass is 349 g/mol. The Morgan fingerprint density at radius 3 is 2.58 bits per heavy atom. The van der Waals surface area contributed by atoms with Crippen LogP contribution in [-0.4, -0.2) is 34.5 Å². The Bertz CT molecular complexity index is 725. The first kappa shape index (κ1) is 17.7. The van der Waals surface area contributed by atoms with E-state index in [1.807, 2.05) is 6.07 Å². The normalized spacial score (nSPS) is 11.6. The minimum absolute atomic E-state index is 0.0333. The van der Waals surface area contributed by atoms with Crippen molar-refractivity contribution in [1.82, 2.24) is 0 Å². The molecule has 1 unspecified atom stereocenters. The maximum atomic E-state index is 12.5. The van der Waals surface area contributed by atoms with Crippen molar-refractivity contribution in [3.8, 4) is 0 Å². The number of halogens is 1. The molecule has 1 atom stereocenters. The van der Waals surface area contributed by atoms with Gasteiger partial charge in [-0.3, -0.25) is 14.9 Å². The highest BCUT2D eigenvalue weighted by Crippen LogP contribution is 2.23. The Kier molecular flexibility index (Phi) is 6.11. The van der Waals surface area contributed by atoms with Gasteiger partial charge in [0.15, 0.2) is 0 Å². The molecule has 0 saturated carbocycles. The number of aliphatic hydroxyl groups is 1. The number of carbonyl (C=O) groups excluding carboxylic acids is 1. The van der Waals surface area contributed by atoms with Gasteiger partial charge in [0.1, 0.15) is 0 Å². The van der Waals surface area contributed by atoms with Crippen molar-refractivity contribution in [2.45, 2.75) is 6.10 Å². The van der Waals surface area contributed by atoms with E-state index in [1.54, 1.807) is 24.3 Å². The molecule has 1 amide bonds. The van der Waals surface area contributed by atoms with Gasteiger partial charge in [-0.25, -0.2) is 0 Å². The van der Waals surface area contributed by atoms with E-state index in [0.29, 0.717) is 11.4 Å². The van der Waals surface area contributed by atoms with Crippen molar-refractivity contribution in [2.75, 3.05) is 23.1 Å². The number of nitro groups is 1. The van der Waals surface area contributed by atoms with Crippen molar-refractivity contribution in [3.63, 3.8) is 0 Å². The molecule has 0 saturated heterocycles. The molecule has 0 aliphatic heterocycles. The van der Waals surface area contributed by atoms with Gasteiger partial charge in [0, 0.05) is 30.1 Å². The van der Waals surface area contributed by atoms with Crippen LogP contribution in [0.4, 0.5) is 17.1 Å². The van der Waals surface area contributed by atoms with Crippen molar-refractivity contribution < 1.29 is 14.8 Å². The summed E-state index contributed by atoms with van der Waals surface area (Å²) >= 11 is 5.54. The highest BCUT2D eigenvalue weighted by atomic mass is 35.5. The number of hydrogen-bond donors (Lipinski definition) is 3. The topological polar surface area (TPSA) is 104 Å². The lowest BCUT2D eigenvalue weighted by molar-refractivity contribution is -0.384. The molecule has 0 aliphatic rings. The predicted octanol–water partition coefficient (Wildman–Crippen LogP) is 2.86. The molecular formula is C16H16ClN3O4. The van der Waals surface area contributed by atoms with Gasteiger partial charge in [0.25, 0.3) is 11.6 Å².